The highest BCUT2D eigenvalue weighted by Crippen LogP contribution is 2.25. The van der Waals surface area contributed by atoms with E-state index >= 15 is 0 Å². The molecule has 2 rings (SSSR count). The zero-order valence-corrected chi connectivity index (χ0v) is 12.3. The molecule has 5 nitrogen and oxygen atoms in total. The van der Waals surface area contributed by atoms with E-state index in [1.807, 2.05) is 0 Å². The number of carbonyl (C=O) groups excluding carboxylic acids is 1. The summed E-state index contributed by atoms with van der Waals surface area (Å²) in [5.74, 6) is -1.52. The summed E-state index contributed by atoms with van der Waals surface area (Å²) in [6.07, 6.45) is 0. The summed E-state index contributed by atoms with van der Waals surface area (Å²) in [6.45, 7) is 3.36. The van der Waals surface area contributed by atoms with Crippen molar-refractivity contribution in [2.75, 3.05) is 5.32 Å². The molecular weight excluding hydrogens is 300 g/mol. The Morgan fingerprint density at radius 3 is 2.70 bits per heavy atom. The van der Waals surface area contributed by atoms with Crippen molar-refractivity contribution >= 4 is 40.0 Å². The summed E-state index contributed by atoms with van der Waals surface area (Å²) in [6, 6.07) is 4.96. The van der Waals surface area contributed by atoms with E-state index in [2.05, 4.69) is 9.69 Å². The third kappa shape index (κ3) is 2.81. The molecule has 1 aromatic carbocycles. The molecule has 0 atom stereocenters. The Bertz CT molecular complexity index is 697. The number of carboxylic acids is 1. The number of carbonyl (C=O) groups is 2. The normalized spacial score (nSPS) is 10.3. The third-order valence-electron chi connectivity index (χ3n) is 2.75. The Morgan fingerprint density at radius 1 is 1.35 bits per heavy atom. The van der Waals surface area contributed by atoms with Crippen LogP contribution in [0.2, 0.25) is 5.02 Å². The van der Waals surface area contributed by atoms with Crippen LogP contribution in [0.25, 0.3) is 0 Å². The standard InChI is InChI=1S/C13H11ClN2O3S/c1-6-3-4-8(14)5-9(6)11(17)15-12-10(13(18)19)7(2)16-20-12/h3-5H,1-2H3,(H,15,17)(H,18,19). The predicted octanol–water partition coefficient (Wildman–Crippen LogP) is 3.36. The zero-order valence-electron chi connectivity index (χ0n) is 10.7. The van der Waals surface area contributed by atoms with Crippen LogP contribution in [0.1, 0.15) is 32.0 Å². The van der Waals surface area contributed by atoms with Gasteiger partial charge in [0, 0.05) is 10.6 Å². The van der Waals surface area contributed by atoms with Crippen LogP contribution in [-0.2, 0) is 0 Å². The van der Waals surface area contributed by atoms with Gasteiger partial charge in [0.15, 0.2) is 0 Å². The number of amides is 1. The molecule has 0 aliphatic rings. The lowest BCUT2D eigenvalue weighted by Gasteiger charge is -2.07. The van der Waals surface area contributed by atoms with Gasteiger partial charge >= 0.3 is 5.97 Å². The smallest absolute Gasteiger partial charge is 0.340 e. The number of aromatic nitrogens is 1. The second kappa shape index (κ2) is 5.60. The predicted molar refractivity (Wildman–Crippen MR) is 78.0 cm³/mol. The number of nitrogens with one attached hydrogen (secondary N) is 1. The van der Waals surface area contributed by atoms with Gasteiger partial charge in [-0.1, -0.05) is 17.7 Å². The molecule has 0 saturated heterocycles. The lowest BCUT2D eigenvalue weighted by molar-refractivity contribution is 0.0697. The molecule has 0 unspecified atom stereocenters. The van der Waals surface area contributed by atoms with Crippen molar-refractivity contribution in [2.45, 2.75) is 13.8 Å². The van der Waals surface area contributed by atoms with E-state index in [0.717, 1.165) is 17.1 Å². The second-order valence-electron chi connectivity index (χ2n) is 4.19. The molecular formula is C13H11ClN2O3S. The molecule has 0 spiro atoms. The Morgan fingerprint density at radius 2 is 2.05 bits per heavy atom. The number of anilines is 1. The zero-order chi connectivity index (χ0) is 14.9. The summed E-state index contributed by atoms with van der Waals surface area (Å²) < 4.78 is 3.94. The van der Waals surface area contributed by atoms with Crippen LogP contribution in [0.3, 0.4) is 0 Å². The number of benzene rings is 1. The van der Waals surface area contributed by atoms with Gasteiger partial charge in [-0.15, -0.1) is 0 Å². The fourth-order valence-electron chi connectivity index (χ4n) is 1.72. The van der Waals surface area contributed by atoms with Crippen molar-refractivity contribution in [1.29, 1.82) is 0 Å². The monoisotopic (exact) mass is 310 g/mol. The molecule has 0 aliphatic heterocycles. The molecule has 0 fully saturated rings. The van der Waals surface area contributed by atoms with Crippen molar-refractivity contribution in [3.63, 3.8) is 0 Å². The first-order valence-corrected chi connectivity index (χ1v) is 6.82. The lowest BCUT2D eigenvalue weighted by atomic mass is 10.1. The maximum absolute atomic E-state index is 12.2. The van der Waals surface area contributed by atoms with Crippen molar-refractivity contribution in [3.8, 4) is 0 Å². The number of aryl methyl sites for hydroxylation is 2. The van der Waals surface area contributed by atoms with Crippen molar-refractivity contribution < 1.29 is 14.7 Å². The van der Waals surface area contributed by atoms with Crippen LogP contribution >= 0.6 is 23.1 Å². The molecule has 1 aromatic heterocycles. The van der Waals surface area contributed by atoms with Crippen molar-refractivity contribution in [3.05, 3.63) is 45.6 Å². The Balaban J connectivity index is 2.33. The number of carboxylic acid groups (broad SMARTS) is 1. The van der Waals surface area contributed by atoms with Gasteiger partial charge in [0.1, 0.15) is 10.6 Å². The number of aromatic carboxylic acids is 1. The molecule has 7 heteroatoms. The highest BCUT2D eigenvalue weighted by atomic mass is 35.5. The van der Waals surface area contributed by atoms with Crippen LogP contribution in [0.15, 0.2) is 18.2 Å². The van der Waals surface area contributed by atoms with Gasteiger partial charge < -0.3 is 10.4 Å². The summed E-state index contributed by atoms with van der Waals surface area (Å²) in [4.78, 5) is 23.3. The third-order valence-corrected chi connectivity index (χ3v) is 3.84. The average molecular weight is 311 g/mol. The highest BCUT2D eigenvalue weighted by Gasteiger charge is 2.20. The van der Waals surface area contributed by atoms with Crippen LogP contribution in [0.5, 0.6) is 0 Å². The molecule has 0 aliphatic carbocycles. The van der Waals surface area contributed by atoms with Crippen LogP contribution in [-0.4, -0.2) is 21.4 Å². The highest BCUT2D eigenvalue weighted by molar-refractivity contribution is 7.11. The second-order valence-corrected chi connectivity index (χ2v) is 5.40. The van der Waals surface area contributed by atoms with E-state index in [-0.39, 0.29) is 10.6 Å². The quantitative estimate of drug-likeness (QED) is 0.911. The van der Waals surface area contributed by atoms with E-state index in [1.54, 1.807) is 32.0 Å². The lowest BCUT2D eigenvalue weighted by Crippen LogP contribution is -2.14. The van der Waals surface area contributed by atoms with Gasteiger partial charge in [0.25, 0.3) is 5.91 Å². The SMILES string of the molecule is Cc1ccc(Cl)cc1C(=O)Nc1snc(C)c1C(=O)O. The summed E-state index contributed by atoms with van der Waals surface area (Å²) in [5, 5.41) is 12.4. The first-order chi connectivity index (χ1) is 9.40. The maximum atomic E-state index is 12.2. The molecule has 104 valence electrons. The van der Waals surface area contributed by atoms with Gasteiger partial charge in [0.05, 0.1) is 5.69 Å². The van der Waals surface area contributed by atoms with E-state index < -0.39 is 11.9 Å². The molecule has 1 amide bonds. The van der Waals surface area contributed by atoms with E-state index in [1.165, 1.54) is 0 Å². The number of halogens is 1. The molecule has 0 bridgehead atoms. The fourth-order valence-corrected chi connectivity index (χ4v) is 2.67. The summed E-state index contributed by atoms with van der Waals surface area (Å²) in [7, 11) is 0. The van der Waals surface area contributed by atoms with Crippen molar-refractivity contribution in [2.24, 2.45) is 0 Å². The molecule has 1 heterocycles. The summed E-state index contributed by atoms with van der Waals surface area (Å²) >= 11 is 6.81. The van der Waals surface area contributed by atoms with Gasteiger partial charge in [-0.25, -0.2) is 4.79 Å². The number of nitrogens with zero attached hydrogens (tertiary/aromatic N) is 1. The van der Waals surface area contributed by atoms with E-state index in [4.69, 9.17) is 16.7 Å². The largest absolute Gasteiger partial charge is 0.478 e. The molecule has 20 heavy (non-hydrogen) atoms. The summed E-state index contributed by atoms with van der Waals surface area (Å²) in [5.41, 5.74) is 1.55. The molecule has 0 radical (unpaired) electrons. The molecule has 2 aromatic rings. The first-order valence-electron chi connectivity index (χ1n) is 5.67. The minimum atomic E-state index is -1.12. The Hall–Kier alpha value is -1.92. The van der Waals surface area contributed by atoms with Gasteiger partial charge in [0.2, 0.25) is 0 Å². The van der Waals surface area contributed by atoms with Gasteiger partial charge in [-0.3, -0.25) is 4.79 Å². The van der Waals surface area contributed by atoms with Crippen LogP contribution < -0.4 is 5.32 Å². The number of hydrogen-bond acceptors (Lipinski definition) is 4. The molecule has 2 N–H and O–H groups in total. The Labute approximate surface area is 124 Å². The topological polar surface area (TPSA) is 79.3 Å². The Kier molecular flexibility index (Phi) is 4.06. The van der Waals surface area contributed by atoms with Gasteiger partial charge in [-0.05, 0) is 43.1 Å². The van der Waals surface area contributed by atoms with E-state index in [0.29, 0.717) is 16.3 Å². The minimum absolute atomic E-state index is 0.0167. The van der Waals surface area contributed by atoms with Crippen LogP contribution in [0, 0.1) is 13.8 Å². The molecule has 0 saturated carbocycles. The fraction of sp³-hybridized carbons (Fsp3) is 0.154. The first kappa shape index (κ1) is 14.5. The maximum Gasteiger partial charge on any atom is 0.340 e. The number of hydrogen-bond donors (Lipinski definition) is 2. The minimum Gasteiger partial charge on any atom is -0.478 e. The van der Waals surface area contributed by atoms with Gasteiger partial charge in [-0.2, -0.15) is 4.37 Å². The number of rotatable bonds is 3. The van der Waals surface area contributed by atoms with Crippen molar-refractivity contribution in [1.82, 2.24) is 4.37 Å². The van der Waals surface area contributed by atoms with Crippen LogP contribution in [0.4, 0.5) is 5.00 Å². The average Bonchev–Trinajstić information content (AvgIpc) is 2.73. The van der Waals surface area contributed by atoms with E-state index in [9.17, 15) is 9.59 Å².